The summed E-state index contributed by atoms with van der Waals surface area (Å²) in [7, 11) is 0. The van der Waals surface area contributed by atoms with Gasteiger partial charge >= 0.3 is 6.09 Å². The molecular weight excluding hydrogens is 254 g/mol. The Morgan fingerprint density at radius 3 is 2.80 bits per heavy atom. The molecular formula is C16H21NO3. The van der Waals surface area contributed by atoms with Gasteiger partial charge in [-0.1, -0.05) is 30.3 Å². The summed E-state index contributed by atoms with van der Waals surface area (Å²) in [6.07, 6.45) is 2.84. The van der Waals surface area contributed by atoms with Gasteiger partial charge in [0, 0.05) is 12.6 Å². The largest absolute Gasteiger partial charge is 0.445 e. The molecule has 4 atom stereocenters. The quantitative estimate of drug-likeness (QED) is 0.886. The maximum absolute atomic E-state index is 11.8. The number of hydrogen-bond acceptors (Lipinski definition) is 3. The molecule has 0 spiro atoms. The number of carbonyl (C=O) groups is 1. The van der Waals surface area contributed by atoms with E-state index in [0.717, 1.165) is 24.8 Å². The second-order valence-electron chi connectivity index (χ2n) is 5.99. The molecule has 1 amide bonds. The molecule has 2 saturated carbocycles. The number of amides is 1. The molecule has 108 valence electrons. The van der Waals surface area contributed by atoms with Gasteiger partial charge in [0.1, 0.15) is 6.61 Å². The van der Waals surface area contributed by atoms with Gasteiger partial charge in [-0.25, -0.2) is 4.79 Å². The van der Waals surface area contributed by atoms with Crippen molar-refractivity contribution in [3.05, 3.63) is 35.9 Å². The van der Waals surface area contributed by atoms with Crippen molar-refractivity contribution < 1.29 is 14.6 Å². The van der Waals surface area contributed by atoms with Crippen molar-refractivity contribution in [3.63, 3.8) is 0 Å². The minimum Gasteiger partial charge on any atom is -0.445 e. The topological polar surface area (TPSA) is 58.6 Å². The standard InChI is InChI=1S/C16H21NO3/c18-9-12-6-13-8-15(14(13)7-12)17-16(19)20-10-11-4-2-1-3-5-11/h1-5,12-15,18H,6-10H2,(H,17,19)/t12?,13-,14-,15?/m1/s1. The Kier molecular flexibility index (Phi) is 3.92. The van der Waals surface area contributed by atoms with Crippen LogP contribution in [0.1, 0.15) is 24.8 Å². The Morgan fingerprint density at radius 2 is 2.05 bits per heavy atom. The van der Waals surface area contributed by atoms with Crippen LogP contribution >= 0.6 is 0 Å². The SMILES string of the molecule is O=C(NC1C[C@H]2CC(CO)C[C@@H]12)OCc1ccccc1. The van der Waals surface area contributed by atoms with Gasteiger partial charge in [0.2, 0.25) is 0 Å². The van der Waals surface area contributed by atoms with Gasteiger partial charge in [0.05, 0.1) is 0 Å². The maximum atomic E-state index is 11.8. The number of hydrogen-bond donors (Lipinski definition) is 2. The van der Waals surface area contributed by atoms with E-state index in [9.17, 15) is 9.90 Å². The Labute approximate surface area is 119 Å². The fourth-order valence-electron chi connectivity index (χ4n) is 3.58. The molecule has 20 heavy (non-hydrogen) atoms. The number of aliphatic hydroxyl groups is 1. The van der Waals surface area contributed by atoms with E-state index >= 15 is 0 Å². The van der Waals surface area contributed by atoms with Gasteiger partial charge < -0.3 is 15.2 Å². The maximum Gasteiger partial charge on any atom is 0.407 e. The van der Waals surface area contributed by atoms with Gasteiger partial charge in [0.25, 0.3) is 0 Å². The van der Waals surface area contributed by atoms with Gasteiger partial charge in [-0.2, -0.15) is 0 Å². The van der Waals surface area contributed by atoms with Crippen molar-refractivity contribution in [1.29, 1.82) is 0 Å². The van der Waals surface area contributed by atoms with Crippen molar-refractivity contribution in [2.45, 2.75) is 31.9 Å². The first-order chi connectivity index (χ1) is 9.76. The molecule has 1 aromatic carbocycles. The first-order valence-electron chi connectivity index (χ1n) is 7.34. The Balaban J connectivity index is 1.42. The van der Waals surface area contributed by atoms with Crippen LogP contribution in [0.3, 0.4) is 0 Å². The number of benzene rings is 1. The van der Waals surface area contributed by atoms with E-state index in [1.807, 2.05) is 30.3 Å². The zero-order valence-corrected chi connectivity index (χ0v) is 11.5. The summed E-state index contributed by atoms with van der Waals surface area (Å²) in [6.45, 7) is 0.588. The molecule has 4 heteroatoms. The molecule has 0 aromatic heterocycles. The molecule has 4 nitrogen and oxygen atoms in total. The molecule has 2 aliphatic carbocycles. The smallest absolute Gasteiger partial charge is 0.407 e. The average molecular weight is 275 g/mol. The predicted octanol–water partition coefficient (Wildman–Crippen LogP) is 2.32. The molecule has 0 saturated heterocycles. The molecule has 0 bridgehead atoms. The van der Waals surface area contributed by atoms with Gasteiger partial charge in [-0.3, -0.25) is 0 Å². The highest BCUT2D eigenvalue weighted by Gasteiger charge is 2.47. The summed E-state index contributed by atoms with van der Waals surface area (Å²) in [5.74, 6) is 1.65. The number of ether oxygens (including phenoxy) is 1. The fraction of sp³-hybridized carbons (Fsp3) is 0.562. The first kappa shape index (κ1) is 13.4. The van der Waals surface area contributed by atoms with E-state index in [-0.39, 0.29) is 18.7 Å². The lowest BCUT2D eigenvalue weighted by molar-refractivity contribution is 0.0985. The minimum atomic E-state index is -0.329. The van der Waals surface area contributed by atoms with Gasteiger partial charge in [0.15, 0.2) is 0 Å². The van der Waals surface area contributed by atoms with Crippen LogP contribution in [0.15, 0.2) is 30.3 Å². The predicted molar refractivity (Wildman–Crippen MR) is 75.0 cm³/mol. The zero-order valence-electron chi connectivity index (χ0n) is 11.5. The third kappa shape index (κ3) is 2.80. The summed E-state index contributed by atoms with van der Waals surface area (Å²) in [5.41, 5.74) is 0.996. The number of nitrogens with one attached hydrogen (secondary N) is 1. The van der Waals surface area contributed by atoms with E-state index in [4.69, 9.17) is 4.74 Å². The molecule has 0 heterocycles. The highest BCUT2D eigenvalue weighted by Crippen LogP contribution is 2.49. The van der Waals surface area contributed by atoms with E-state index in [0.29, 0.717) is 24.4 Å². The van der Waals surface area contributed by atoms with Gasteiger partial charge in [-0.15, -0.1) is 0 Å². The number of alkyl carbamates (subject to hydrolysis) is 1. The normalized spacial score (nSPS) is 31.2. The third-order valence-corrected chi connectivity index (χ3v) is 4.69. The molecule has 0 aliphatic heterocycles. The van der Waals surface area contributed by atoms with Crippen LogP contribution < -0.4 is 5.32 Å². The number of aliphatic hydroxyl groups excluding tert-OH is 1. The van der Waals surface area contributed by atoms with Crippen LogP contribution in [0.25, 0.3) is 0 Å². The highest BCUT2D eigenvalue weighted by molar-refractivity contribution is 5.67. The summed E-state index contributed by atoms with van der Waals surface area (Å²) < 4.78 is 5.24. The van der Waals surface area contributed by atoms with Crippen molar-refractivity contribution in [3.8, 4) is 0 Å². The first-order valence-corrected chi connectivity index (χ1v) is 7.34. The van der Waals surface area contributed by atoms with E-state index in [1.165, 1.54) is 0 Å². The third-order valence-electron chi connectivity index (χ3n) is 4.69. The van der Waals surface area contributed by atoms with Crippen LogP contribution in [0, 0.1) is 17.8 Å². The lowest BCUT2D eigenvalue weighted by Gasteiger charge is -2.40. The second kappa shape index (κ2) is 5.83. The van der Waals surface area contributed by atoms with Crippen molar-refractivity contribution in [1.82, 2.24) is 5.32 Å². The highest BCUT2D eigenvalue weighted by atomic mass is 16.5. The van der Waals surface area contributed by atoms with Crippen molar-refractivity contribution in [2.24, 2.45) is 17.8 Å². The summed E-state index contributed by atoms with van der Waals surface area (Å²) in [6, 6.07) is 9.92. The molecule has 0 radical (unpaired) electrons. The monoisotopic (exact) mass is 275 g/mol. The molecule has 3 rings (SSSR count). The summed E-state index contributed by atoms with van der Waals surface area (Å²) >= 11 is 0. The van der Waals surface area contributed by atoms with Crippen LogP contribution in [-0.4, -0.2) is 23.8 Å². The second-order valence-corrected chi connectivity index (χ2v) is 5.99. The Hall–Kier alpha value is -1.55. The zero-order chi connectivity index (χ0) is 13.9. The van der Waals surface area contributed by atoms with Crippen molar-refractivity contribution >= 4 is 6.09 Å². The molecule has 2 fully saturated rings. The molecule has 2 aliphatic rings. The van der Waals surface area contributed by atoms with Crippen molar-refractivity contribution in [2.75, 3.05) is 6.61 Å². The van der Waals surface area contributed by atoms with E-state index in [1.54, 1.807) is 0 Å². The Morgan fingerprint density at radius 1 is 1.25 bits per heavy atom. The van der Waals surface area contributed by atoms with Crippen LogP contribution in [0.4, 0.5) is 4.79 Å². The lowest BCUT2D eigenvalue weighted by atomic mass is 9.71. The minimum absolute atomic E-state index is 0.236. The fourth-order valence-corrected chi connectivity index (χ4v) is 3.58. The molecule has 2 N–H and O–H groups in total. The number of fused-ring (bicyclic) bond motifs is 1. The van der Waals surface area contributed by atoms with E-state index < -0.39 is 0 Å². The summed E-state index contributed by atoms with van der Waals surface area (Å²) in [5, 5.41) is 12.2. The molecule has 2 unspecified atom stereocenters. The summed E-state index contributed by atoms with van der Waals surface area (Å²) in [4.78, 5) is 11.8. The van der Waals surface area contributed by atoms with E-state index in [2.05, 4.69) is 5.32 Å². The van der Waals surface area contributed by atoms with Crippen LogP contribution in [-0.2, 0) is 11.3 Å². The Bertz CT molecular complexity index is 462. The number of rotatable bonds is 4. The average Bonchev–Trinajstić information content (AvgIpc) is 2.80. The lowest BCUT2D eigenvalue weighted by Crippen LogP contribution is -2.50. The van der Waals surface area contributed by atoms with Crippen LogP contribution in [0.2, 0.25) is 0 Å². The number of carbonyl (C=O) groups excluding carboxylic acids is 1. The molecule has 1 aromatic rings. The van der Waals surface area contributed by atoms with Crippen LogP contribution in [0.5, 0.6) is 0 Å². The van der Waals surface area contributed by atoms with Gasteiger partial charge in [-0.05, 0) is 42.6 Å².